The van der Waals surface area contributed by atoms with Crippen LogP contribution in [0.15, 0.2) is 23.9 Å². The summed E-state index contributed by atoms with van der Waals surface area (Å²) in [5, 5.41) is 11.4. The predicted octanol–water partition coefficient (Wildman–Crippen LogP) is 0.934. The van der Waals surface area contributed by atoms with Crippen molar-refractivity contribution in [2.45, 2.75) is 19.9 Å². The van der Waals surface area contributed by atoms with Gasteiger partial charge in [-0.1, -0.05) is 0 Å². The third-order valence-electron chi connectivity index (χ3n) is 2.66. The van der Waals surface area contributed by atoms with E-state index in [0.717, 1.165) is 0 Å². The number of carbonyl (C=O) groups excluding carboxylic acids is 2. The van der Waals surface area contributed by atoms with Crippen molar-refractivity contribution in [3.8, 4) is 11.8 Å². The number of esters is 1. The molecule has 0 radical (unpaired) electrons. The van der Waals surface area contributed by atoms with Gasteiger partial charge in [0, 0.05) is 18.5 Å². The number of hydrogen-bond donors (Lipinski definition) is 2. The van der Waals surface area contributed by atoms with E-state index in [2.05, 4.69) is 10.1 Å². The molecule has 1 aromatic rings. The number of nitrogens with one attached hydrogen (secondary N) is 1. The van der Waals surface area contributed by atoms with Gasteiger partial charge in [-0.05, 0) is 31.2 Å². The third kappa shape index (κ3) is 5.80. The van der Waals surface area contributed by atoms with Crippen LogP contribution >= 0.6 is 0 Å². The smallest absolute Gasteiger partial charge is 0.354 e. The molecule has 0 aliphatic heterocycles. The molecule has 0 saturated carbocycles. The number of amides is 1. The molecule has 1 aromatic carbocycles. The van der Waals surface area contributed by atoms with Crippen LogP contribution in [0, 0.1) is 11.3 Å². The molecule has 0 saturated heterocycles. The van der Waals surface area contributed by atoms with Crippen LogP contribution < -0.4 is 15.8 Å². The molecule has 7 nitrogen and oxygen atoms in total. The van der Waals surface area contributed by atoms with Gasteiger partial charge >= 0.3 is 5.97 Å². The van der Waals surface area contributed by atoms with E-state index in [4.69, 9.17) is 15.7 Å². The van der Waals surface area contributed by atoms with Gasteiger partial charge in [0.15, 0.2) is 0 Å². The highest BCUT2D eigenvalue weighted by molar-refractivity contribution is 5.97. The van der Waals surface area contributed by atoms with Crippen molar-refractivity contribution in [1.29, 1.82) is 5.26 Å². The molecule has 1 unspecified atom stereocenters. The molecule has 122 valence electrons. The molecule has 0 heterocycles. The van der Waals surface area contributed by atoms with Gasteiger partial charge in [0.25, 0.3) is 0 Å². The fraction of sp³-hybridized carbons (Fsp3) is 0.312. The van der Waals surface area contributed by atoms with E-state index in [-0.39, 0.29) is 18.3 Å². The Morgan fingerprint density at radius 2 is 2.17 bits per heavy atom. The first-order valence-corrected chi connectivity index (χ1v) is 6.87. The second-order valence-electron chi connectivity index (χ2n) is 4.88. The lowest BCUT2D eigenvalue weighted by molar-refractivity contribution is -0.137. The fourth-order valence-electron chi connectivity index (χ4n) is 1.67. The van der Waals surface area contributed by atoms with E-state index in [0.29, 0.717) is 16.9 Å². The Morgan fingerprint density at radius 1 is 1.48 bits per heavy atom. The summed E-state index contributed by atoms with van der Waals surface area (Å²) in [6.07, 6.45) is 1.42. The van der Waals surface area contributed by atoms with Crippen molar-refractivity contribution in [1.82, 2.24) is 5.32 Å². The van der Waals surface area contributed by atoms with Gasteiger partial charge < -0.3 is 20.5 Å². The highest BCUT2D eigenvalue weighted by Crippen LogP contribution is 2.23. The third-order valence-corrected chi connectivity index (χ3v) is 2.66. The predicted molar refractivity (Wildman–Crippen MR) is 84.1 cm³/mol. The summed E-state index contributed by atoms with van der Waals surface area (Å²) < 4.78 is 10.2. The molecule has 0 aliphatic carbocycles. The number of nitrogens with two attached hydrogens (primary N) is 1. The number of nitrogens with zero attached hydrogens (tertiary/aromatic N) is 1. The van der Waals surface area contributed by atoms with Gasteiger partial charge in [-0.25, -0.2) is 4.79 Å². The summed E-state index contributed by atoms with van der Waals surface area (Å²) in [5.74, 6) is -0.718. The van der Waals surface area contributed by atoms with Crippen LogP contribution in [0.3, 0.4) is 0 Å². The average molecular weight is 317 g/mol. The second kappa shape index (κ2) is 8.56. The zero-order chi connectivity index (χ0) is 17.4. The Balaban J connectivity index is 3.26. The van der Waals surface area contributed by atoms with Crippen LogP contribution in [0.25, 0.3) is 6.08 Å². The molecule has 3 N–H and O–H groups in total. The van der Waals surface area contributed by atoms with Crippen LogP contribution in [0.1, 0.15) is 25.0 Å². The van der Waals surface area contributed by atoms with Gasteiger partial charge in [-0.3, -0.25) is 4.79 Å². The molecule has 0 bridgehead atoms. The maximum Gasteiger partial charge on any atom is 0.354 e. The Hall–Kier alpha value is -2.85. The maximum absolute atomic E-state index is 11.7. The average Bonchev–Trinajstić information content (AvgIpc) is 2.51. The second-order valence-corrected chi connectivity index (χ2v) is 4.88. The topological polar surface area (TPSA) is 114 Å². The van der Waals surface area contributed by atoms with E-state index in [9.17, 15) is 9.59 Å². The molecule has 23 heavy (non-hydrogen) atoms. The molecular formula is C16H19N3O4. The molecule has 1 atom stereocenters. The van der Waals surface area contributed by atoms with E-state index < -0.39 is 11.9 Å². The van der Waals surface area contributed by atoms with Gasteiger partial charge in [0.1, 0.15) is 18.1 Å². The van der Waals surface area contributed by atoms with Crippen LogP contribution in [0.4, 0.5) is 0 Å². The lowest BCUT2D eigenvalue weighted by atomic mass is 10.1. The standard InChI is InChI=1S/C16H19N3O4/c1-10(18)9-23-15-6-12(8-17)4-5-13(15)7-14(16(21)22-3)19-11(2)20/h4-7,10H,9,18H2,1-3H3,(H,19,20)/b14-7+. The number of benzene rings is 1. The maximum atomic E-state index is 11.7. The first kappa shape index (κ1) is 18.2. The largest absolute Gasteiger partial charge is 0.491 e. The minimum atomic E-state index is -0.692. The van der Waals surface area contributed by atoms with E-state index in [1.165, 1.54) is 26.2 Å². The highest BCUT2D eigenvalue weighted by atomic mass is 16.5. The summed E-state index contributed by atoms with van der Waals surface area (Å²) in [6, 6.07) is 6.53. The number of rotatable bonds is 6. The monoisotopic (exact) mass is 317 g/mol. The lowest BCUT2D eigenvalue weighted by Gasteiger charge is -2.13. The van der Waals surface area contributed by atoms with Gasteiger partial charge in [0.2, 0.25) is 5.91 Å². The normalized spacial score (nSPS) is 12.0. The van der Waals surface area contributed by atoms with Crippen molar-refractivity contribution >= 4 is 18.0 Å². The summed E-state index contributed by atoms with van der Waals surface area (Å²) >= 11 is 0. The Kier molecular flexibility index (Phi) is 6.77. The number of carbonyl (C=O) groups is 2. The highest BCUT2D eigenvalue weighted by Gasteiger charge is 2.13. The quantitative estimate of drug-likeness (QED) is 0.596. The fourth-order valence-corrected chi connectivity index (χ4v) is 1.67. The van der Waals surface area contributed by atoms with E-state index in [1.54, 1.807) is 19.1 Å². The molecule has 0 fully saturated rings. The Morgan fingerprint density at radius 3 is 2.70 bits per heavy atom. The van der Waals surface area contributed by atoms with Crippen molar-refractivity contribution in [3.63, 3.8) is 0 Å². The van der Waals surface area contributed by atoms with E-state index in [1.807, 2.05) is 6.07 Å². The molecule has 1 rings (SSSR count). The van der Waals surface area contributed by atoms with Gasteiger partial charge in [-0.15, -0.1) is 0 Å². The van der Waals surface area contributed by atoms with Crippen LogP contribution in [-0.4, -0.2) is 31.6 Å². The molecular weight excluding hydrogens is 298 g/mol. The van der Waals surface area contributed by atoms with Crippen LogP contribution in [-0.2, 0) is 14.3 Å². The molecule has 0 spiro atoms. The van der Waals surface area contributed by atoms with Gasteiger partial charge in [-0.2, -0.15) is 5.26 Å². The minimum absolute atomic E-state index is 0.0321. The van der Waals surface area contributed by atoms with Crippen LogP contribution in [0.5, 0.6) is 5.75 Å². The molecule has 7 heteroatoms. The first-order chi connectivity index (χ1) is 10.9. The Bertz CT molecular complexity index is 660. The van der Waals surface area contributed by atoms with Crippen molar-refractivity contribution in [2.24, 2.45) is 5.73 Å². The number of methoxy groups -OCH3 is 1. The summed E-state index contributed by atoms with van der Waals surface area (Å²) in [7, 11) is 1.21. The molecule has 1 amide bonds. The summed E-state index contributed by atoms with van der Waals surface area (Å²) in [5.41, 5.74) is 6.55. The lowest BCUT2D eigenvalue weighted by Crippen LogP contribution is -2.26. The SMILES string of the molecule is COC(=O)/C(=C\c1ccc(C#N)cc1OCC(C)N)NC(C)=O. The van der Waals surface area contributed by atoms with Gasteiger partial charge in [0.05, 0.1) is 18.7 Å². The molecule has 0 aromatic heterocycles. The number of hydrogen-bond acceptors (Lipinski definition) is 6. The minimum Gasteiger partial charge on any atom is -0.491 e. The molecule has 0 aliphatic rings. The number of ether oxygens (including phenoxy) is 2. The Labute approximate surface area is 134 Å². The van der Waals surface area contributed by atoms with Crippen LogP contribution in [0.2, 0.25) is 0 Å². The first-order valence-electron chi connectivity index (χ1n) is 6.87. The summed E-state index contributed by atoms with van der Waals surface area (Å²) in [6.45, 7) is 3.30. The zero-order valence-electron chi connectivity index (χ0n) is 13.3. The number of nitriles is 1. The van der Waals surface area contributed by atoms with Crippen molar-refractivity contribution < 1.29 is 19.1 Å². The van der Waals surface area contributed by atoms with E-state index >= 15 is 0 Å². The van der Waals surface area contributed by atoms with Crippen molar-refractivity contribution in [2.75, 3.05) is 13.7 Å². The van der Waals surface area contributed by atoms with Crippen molar-refractivity contribution in [3.05, 3.63) is 35.0 Å². The zero-order valence-corrected chi connectivity index (χ0v) is 13.3. The summed E-state index contributed by atoms with van der Waals surface area (Å²) in [4.78, 5) is 22.9.